The van der Waals surface area contributed by atoms with Crippen LogP contribution in [0.2, 0.25) is 0 Å². The minimum absolute atomic E-state index is 0.172. The fourth-order valence-corrected chi connectivity index (χ4v) is 2.88. The first-order valence-corrected chi connectivity index (χ1v) is 9.06. The molecule has 0 saturated carbocycles. The van der Waals surface area contributed by atoms with Crippen LogP contribution >= 0.6 is 0 Å². The molecule has 6 heteroatoms. The Balaban J connectivity index is 1.42. The zero-order chi connectivity index (χ0) is 18.4. The number of hydrogen-bond donors (Lipinski definition) is 2. The van der Waals surface area contributed by atoms with Gasteiger partial charge in [0.2, 0.25) is 0 Å². The molecular weight excluding hydrogens is 326 g/mol. The van der Waals surface area contributed by atoms with Crippen LogP contribution in [0.15, 0.2) is 42.6 Å². The van der Waals surface area contributed by atoms with Crippen molar-refractivity contribution in [3.05, 3.63) is 59.3 Å². The first kappa shape index (κ1) is 18.2. The molecule has 2 aromatic rings. The van der Waals surface area contributed by atoms with E-state index in [1.165, 1.54) is 5.56 Å². The number of urea groups is 1. The molecule has 0 bridgehead atoms. The molecule has 3 rings (SSSR count). The quantitative estimate of drug-likeness (QED) is 0.865. The highest BCUT2D eigenvalue weighted by molar-refractivity contribution is 5.73. The second-order valence-electron chi connectivity index (χ2n) is 6.84. The number of benzene rings is 1. The molecule has 26 heavy (non-hydrogen) atoms. The van der Waals surface area contributed by atoms with E-state index in [1.54, 1.807) is 0 Å². The lowest BCUT2D eigenvalue weighted by Gasteiger charge is -2.33. The summed E-state index contributed by atoms with van der Waals surface area (Å²) in [5.41, 5.74) is 3.29. The fourth-order valence-electron chi connectivity index (χ4n) is 2.88. The Bertz CT molecular complexity index is 706. The van der Waals surface area contributed by atoms with E-state index >= 15 is 0 Å². The Kier molecular flexibility index (Phi) is 6.07. The number of hydrogen-bond acceptors (Lipinski definition) is 4. The summed E-state index contributed by atoms with van der Waals surface area (Å²) in [6, 6.07) is 12.0. The number of aryl methyl sites for hydroxylation is 1. The third kappa shape index (κ3) is 5.20. The van der Waals surface area contributed by atoms with Crippen molar-refractivity contribution in [2.45, 2.75) is 20.0 Å². The van der Waals surface area contributed by atoms with Crippen LogP contribution in [0.5, 0.6) is 0 Å². The van der Waals surface area contributed by atoms with Crippen molar-refractivity contribution in [2.24, 2.45) is 0 Å². The van der Waals surface area contributed by atoms with E-state index in [9.17, 15) is 4.79 Å². The van der Waals surface area contributed by atoms with Gasteiger partial charge in [-0.15, -0.1) is 0 Å². The summed E-state index contributed by atoms with van der Waals surface area (Å²) in [5.74, 6) is 1.01. The molecule has 1 aliphatic rings. The SMILES string of the molecule is Cc1ccc(CNC(=O)NCc2ccc(N3CCN(C)CC3)nc2)cc1. The van der Waals surface area contributed by atoms with Crippen molar-refractivity contribution >= 4 is 11.8 Å². The highest BCUT2D eigenvalue weighted by Crippen LogP contribution is 2.13. The van der Waals surface area contributed by atoms with Crippen LogP contribution in [0.4, 0.5) is 10.6 Å². The van der Waals surface area contributed by atoms with Crippen LogP contribution in [0, 0.1) is 6.92 Å². The monoisotopic (exact) mass is 353 g/mol. The second kappa shape index (κ2) is 8.67. The minimum Gasteiger partial charge on any atom is -0.354 e. The molecule has 0 aliphatic carbocycles. The number of likely N-dealkylation sites (N-methyl/N-ethyl adjacent to an activating group) is 1. The molecule has 2 N–H and O–H groups in total. The van der Waals surface area contributed by atoms with Crippen molar-refractivity contribution in [3.63, 3.8) is 0 Å². The summed E-state index contributed by atoms with van der Waals surface area (Å²) in [7, 11) is 2.14. The number of nitrogens with zero attached hydrogens (tertiary/aromatic N) is 3. The lowest BCUT2D eigenvalue weighted by Crippen LogP contribution is -2.44. The number of piperazine rings is 1. The first-order valence-electron chi connectivity index (χ1n) is 9.06. The van der Waals surface area contributed by atoms with Gasteiger partial charge < -0.3 is 20.4 Å². The Hall–Kier alpha value is -2.60. The van der Waals surface area contributed by atoms with Crippen LogP contribution in [0.3, 0.4) is 0 Å². The zero-order valence-electron chi connectivity index (χ0n) is 15.5. The lowest BCUT2D eigenvalue weighted by molar-refractivity contribution is 0.240. The van der Waals surface area contributed by atoms with Gasteiger partial charge in [0.15, 0.2) is 0 Å². The van der Waals surface area contributed by atoms with Crippen LogP contribution in [-0.4, -0.2) is 49.1 Å². The van der Waals surface area contributed by atoms with Crippen molar-refractivity contribution in [2.75, 3.05) is 38.1 Å². The maximum Gasteiger partial charge on any atom is 0.315 e. The van der Waals surface area contributed by atoms with Gasteiger partial charge in [-0.2, -0.15) is 0 Å². The number of amides is 2. The minimum atomic E-state index is -0.172. The third-order valence-electron chi connectivity index (χ3n) is 4.66. The van der Waals surface area contributed by atoms with Gasteiger partial charge in [-0.25, -0.2) is 9.78 Å². The van der Waals surface area contributed by atoms with Crippen molar-refractivity contribution in [1.29, 1.82) is 0 Å². The molecule has 0 atom stereocenters. The van der Waals surface area contributed by atoms with Gasteiger partial charge in [0.25, 0.3) is 0 Å². The van der Waals surface area contributed by atoms with E-state index in [4.69, 9.17) is 0 Å². The van der Waals surface area contributed by atoms with E-state index in [0.29, 0.717) is 13.1 Å². The van der Waals surface area contributed by atoms with E-state index in [0.717, 1.165) is 43.1 Å². The predicted octanol–water partition coefficient (Wildman–Crippen LogP) is 2.14. The predicted molar refractivity (Wildman–Crippen MR) is 104 cm³/mol. The van der Waals surface area contributed by atoms with E-state index in [1.807, 2.05) is 49.5 Å². The smallest absolute Gasteiger partial charge is 0.315 e. The number of anilines is 1. The van der Waals surface area contributed by atoms with Gasteiger partial charge in [0, 0.05) is 45.5 Å². The number of aromatic nitrogens is 1. The van der Waals surface area contributed by atoms with Gasteiger partial charge in [-0.3, -0.25) is 0 Å². The Morgan fingerprint density at radius 1 is 0.962 bits per heavy atom. The molecule has 1 aliphatic heterocycles. The Labute approximate surface area is 155 Å². The summed E-state index contributed by atoms with van der Waals surface area (Å²) in [6.07, 6.45) is 1.84. The molecule has 0 radical (unpaired) electrons. The maximum absolute atomic E-state index is 11.9. The molecule has 1 fully saturated rings. The van der Waals surface area contributed by atoms with Crippen molar-refractivity contribution in [3.8, 4) is 0 Å². The van der Waals surface area contributed by atoms with Crippen LogP contribution < -0.4 is 15.5 Å². The number of nitrogens with one attached hydrogen (secondary N) is 2. The molecule has 2 amide bonds. The molecule has 2 heterocycles. The van der Waals surface area contributed by atoms with E-state index in [-0.39, 0.29) is 6.03 Å². The summed E-state index contributed by atoms with van der Waals surface area (Å²) in [4.78, 5) is 21.1. The number of carbonyl (C=O) groups excluding carboxylic acids is 1. The largest absolute Gasteiger partial charge is 0.354 e. The topological polar surface area (TPSA) is 60.5 Å². The molecule has 1 aromatic carbocycles. The molecular formula is C20H27N5O. The van der Waals surface area contributed by atoms with E-state index < -0.39 is 0 Å². The van der Waals surface area contributed by atoms with Gasteiger partial charge >= 0.3 is 6.03 Å². The maximum atomic E-state index is 11.9. The van der Waals surface area contributed by atoms with Gasteiger partial charge in [-0.1, -0.05) is 35.9 Å². The summed E-state index contributed by atoms with van der Waals surface area (Å²) in [5, 5.41) is 5.75. The van der Waals surface area contributed by atoms with Crippen LogP contribution in [0.1, 0.15) is 16.7 Å². The molecule has 138 valence electrons. The Morgan fingerprint density at radius 2 is 1.58 bits per heavy atom. The molecule has 0 spiro atoms. The standard InChI is InChI=1S/C20H27N5O/c1-16-3-5-17(6-4-16)13-22-20(26)23-15-18-7-8-19(21-14-18)25-11-9-24(2)10-12-25/h3-8,14H,9-13,15H2,1-2H3,(H2,22,23,26). The highest BCUT2D eigenvalue weighted by Gasteiger charge is 2.14. The molecule has 0 unspecified atom stereocenters. The third-order valence-corrected chi connectivity index (χ3v) is 4.66. The normalized spacial score (nSPS) is 14.9. The molecule has 1 saturated heterocycles. The fraction of sp³-hybridized carbons (Fsp3) is 0.400. The van der Waals surface area contributed by atoms with Crippen LogP contribution in [0.25, 0.3) is 0 Å². The Morgan fingerprint density at radius 3 is 2.19 bits per heavy atom. The number of carbonyl (C=O) groups is 1. The second-order valence-corrected chi connectivity index (χ2v) is 6.84. The average Bonchev–Trinajstić information content (AvgIpc) is 2.67. The highest BCUT2D eigenvalue weighted by atomic mass is 16.2. The van der Waals surface area contributed by atoms with Crippen molar-refractivity contribution in [1.82, 2.24) is 20.5 Å². The summed E-state index contributed by atoms with van der Waals surface area (Å²) >= 11 is 0. The average molecular weight is 353 g/mol. The molecule has 1 aromatic heterocycles. The van der Waals surface area contributed by atoms with Crippen LogP contribution in [-0.2, 0) is 13.1 Å². The first-order chi connectivity index (χ1) is 12.6. The van der Waals surface area contributed by atoms with Gasteiger partial charge in [0.1, 0.15) is 5.82 Å². The zero-order valence-corrected chi connectivity index (χ0v) is 15.5. The summed E-state index contributed by atoms with van der Waals surface area (Å²) in [6.45, 7) is 7.17. The summed E-state index contributed by atoms with van der Waals surface area (Å²) < 4.78 is 0. The van der Waals surface area contributed by atoms with Gasteiger partial charge in [0.05, 0.1) is 0 Å². The molecule has 6 nitrogen and oxygen atoms in total. The number of rotatable bonds is 5. The number of pyridine rings is 1. The van der Waals surface area contributed by atoms with Crippen molar-refractivity contribution < 1.29 is 4.79 Å². The van der Waals surface area contributed by atoms with Gasteiger partial charge in [-0.05, 0) is 31.2 Å². The lowest BCUT2D eigenvalue weighted by atomic mass is 10.1. The van der Waals surface area contributed by atoms with E-state index in [2.05, 4.69) is 32.5 Å².